The number of hydrogen-bond donors (Lipinski definition) is 1. The highest BCUT2D eigenvalue weighted by molar-refractivity contribution is 6.32. The van der Waals surface area contributed by atoms with E-state index in [4.69, 9.17) is 21.1 Å². The van der Waals surface area contributed by atoms with E-state index in [0.29, 0.717) is 23.1 Å². The third-order valence-electron chi connectivity index (χ3n) is 2.82. The molecule has 2 aromatic carbocycles. The lowest BCUT2D eigenvalue weighted by atomic mass is 10.2. The van der Waals surface area contributed by atoms with Gasteiger partial charge in [0.1, 0.15) is 18.1 Å². The third-order valence-corrected chi connectivity index (χ3v) is 3.14. The SMILES string of the molecule is C=CCOc1cccc(/C=N\NC(=O)COc2ccccc2Cl)c1. The number of ether oxygens (including phenoxy) is 2. The number of hydrogen-bond acceptors (Lipinski definition) is 4. The second kappa shape index (κ2) is 9.37. The molecule has 0 atom stereocenters. The van der Waals surface area contributed by atoms with Crippen molar-refractivity contribution in [2.75, 3.05) is 13.2 Å². The van der Waals surface area contributed by atoms with Crippen LogP contribution in [0.25, 0.3) is 0 Å². The van der Waals surface area contributed by atoms with Gasteiger partial charge in [0.2, 0.25) is 0 Å². The van der Waals surface area contributed by atoms with E-state index in [-0.39, 0.29) is 12.5 Å². The van der Waals surface area contributed by atoms with Gasteiger partial charge in [-0.25, -0.2) is 5.43 Å². The van der Waals surface area contributed by atoms with Gasteiger partial charge in [-0.15, -0.1) is 0 Å². The number of nitrogens with one attached hydrogen (secondary N) is 1. The van der Waals surface area contributed by atoms with Crippen LogP contribution in [-0.2, 0) is 4.79 Å². The van der Waals surface area contributed by atoms with Gasteiger partial charge in [0.05, 0.1) is 11.2 Å². The molecule has 6 heteroatoms. The zero-order valence-electron chi connectivity index (χ0n) is 12.9. The van der Waals surface area contributed by atoms with Gasteiger partial charge in [0.15, 0.2) is 6.61 Å². The maximum absolute atomic E-state index is 11.7. The molecule has 1 amide bonds. The smallest absolute Gasteiger partial charge is 0.277 e. The van der Waals surface area contributed by atoms with Crippen LogP contribution in [0.2, 0.25) is 5.02 Å². The standard InChI is InChI=1S/C18H17ClN2O3/c1-2-10-23-15-7-5-6-14(11-15)12-20-21-18(22)13-24-17-9-4-3-8-16(17)19/h2-9,11-12H,1,10,13H2,(H,21,22)/b20-12-. The third kappa shape index (κ3) is 5.78. The molecular weight excluding hydrogens is 328 g/mol. The van der Waals surface area contributed by atoms with Gasteiger partial charge >= 0.3 is 0 Å². The number of nitrogens with zero attached hydrogens (tertiary/aromatic N) is 1. The lowest BCUT2D eigenvalue weighted by Crippen LogP contribution is -2.24. The fraction of sp³-hybridized carbons (Fsp3) is 0.111. The fourth-order valence-electron chi connectivity index (χ4n) is 1.76. The van der Waals surface area contributed by atoms with Crippen LogP contribution < -0.4 is 14.9 Å². The molecule has 0 saturated carbocycles. The Morgan fingerprint density at radius 3 is 2.83 bits per heavy atom. The van der Waals surface area contributed by atoms with Crippen molar-refractivity contribution >= 4 is 23.7 Å². The summed E-state index contributed by atoms with van der Waals surface area (Å²) in [5.41, 5.74) is 3.18. The zero-order valence-corrected chi connectivity index (χ0v) is 13.7. The molecule has 5 nitrogen and oxygen atoms in total. The first kappa shape index (κ1) is 17.6. The molecule has 2 aromatic rings. The molecule has 0 aliphatic rings. The molecule has 0 aromatic heterocycles. The quantitative estimate of drug-likeness (QED) is 0.453. The van der Waals surface area contributed by atoms with Crippen LogP contribution in [0.4, 0.5) is 0 Å². The number of para-hydroxylation sites is 1. The lowest BCUT2D eigenvalue weighted by Gasteiger charge is -2.06. The molecule has 0 heterocycles. The van der Waals surface area contributed by atoms with Crippen molar-refractivity contribution in [3.05, 3.63) is 71.8 Å². The highest BCUT2D eigenvalue weighted by Crippen LogP contribution is 2.22. The van der Waals surface area contributed by atoms with Crippen LogP contribution in [0.5, 0.6) is 11.5 Å². The average molecular weight is 345 g/mol. The average Bonchev–Trinajstić information content (AvgIpc) is 2.60. The molecule has 0 aliphatic carbocycles. The second-order valence-corrected chi connectivity index (χ2v) is 5.09. The van der Waals surface area contributed by atoms with Gasteiger partial charge in [-0.3, -0.25) is 4.79 Å². The molecular formula is C18H17ClN2O3. The van der Waals surface area contributed by atoms with E-state index in [1.54, 1.807) is 36.4 Å². The van der Waals surface area contributed by atoms with E-state index in [1.807, 2.05) is 18.2 Å². The van der Waals surface area contributed by atoms with E-state index in [1.165, 1.54) is 6.21 Å². The van der Waals surface area contributed by atoms with Crippen molar-refractivity contribution in [1.82, 2.24) is 5.43 Å². The summed E-state index contributed by atoms with van der Waals surface area (Å²) in [7, 11) is 0. The Balaban J connectivity index is 1.82. The van der Waals surface area contributed by atoms with E-state index >= 15 is 0 Å². The number of benzene rings is 2. The molecule has 0 bridgehead atoms. The molecule has 0 unspecified atom stereocenters. The number of carbonyl (C=O) groups excluding carboxylic acids is 1. The van der Waals surface area contributed by atoms with Crippen molar-refractivity contribution in [3.63, 3.8) is 0 Å². The van der Waals surface area contributed by atoms with Crippen LogP contribution in [0.15, 0.2) is 66.3 Å². The first-order chi connectivity index (χ1) is 11.7. The summed E-state index contributed by atoms with van der Waals surface area (Å²) < 4.78 is 10.7. The van der Waals surface area contributed by atoms with Gasteiger partial charge in [0.25, 0.3) is 5.91 Å². The molecule has 0 spiro atoms. The number of carbonyl (C=O) groups is 1. The first-order valence-corrected chi connectivity index (χ1v) is 7.60. The maximum atomic E-state index is 11.7. The van der Waals surface area contributed by atoms with Crippen LogP contribution in [-0.4, -0.2) is 25.3 Å². The molecule has 124 valence electrons. The largest absolute Gasteiger partial charge is 0.490 e. The van der Waals surface area contributed by atoms with Crippen LogP contribution in [0, 0.1) is 0 Å². The Labute approximate surface area is 145 Å². The van der Waals surface area contributed by atoms with E-state index in [2.05, 4.69) is 17.1 Å². The van der Waals surface area contributed by atoms with Crippen molar-refractivity contribution in [1.29, 1.82) is 0 Å². The van der Waals surface area contributed by atoms with Crippen LogP contribution in [0.3, 0.4) is 0 Å². The van der Waals surface area contributed by atoms with Crippen molar-refractivity contribution in [2.24, 2.45) is 5.10 Å². The Morgan fingerprint density at radius 1 is 1.21 bits per heavy atom. The van der Waals surface area contributed by atoms with Crippen molar-refractivity contribution in [2.45, 2.75) is 0 Å². The maximum Gasteiger partial charge on any atom is 0.277 e. The summed E-state index contributed by atoms with van der Waals surface area (Å²) >= 11 is 5.94. The van der Waals surface area contributed by atoms with Crippen molar-refractivity contribution in [3.8, 4) is 11.5 Å². The molecule has 0 aliphatic heterocycles. The predicted octanol–water partition coefficient (Wildman–Crippen LogP) is 3.43. The summed E-state index contributed by atoms with van der Waals surface area (Å²) in [5.74, 6) is 0.767. The molecule has 2 rings (SSSR count). The minimum atomic E-state index is -0.384. The fourth-order valence-corrected chi connectivity index (χ4v) is 1.95. The predicted molar refractivity (Wildman–Crippen MR) is 94.8 cm³/mol. The monoisotopic (exact) mass is 344 g/mol. The normalized spacial score (nSPS) is 10.4. The molecule has 24 heavy (non-hydrogen) atoms. The van der Waals surface area contributed by atoms with Crippen molar-refractivity contribution < 1.29 is 14.3 Å². The molecule has 0 saturated heterocycles. The molecule has 1 N–H and O–H groups in total. The van der Waals surface area contributed by atoms with Gasteiger partial charge in [0, 0.05) is 0 Å². The minimum absolute atomic E-state index is 0.177. The van der Waals surface area contributed by atoms with E-state index < -0.39 is 0 Å². The number of amides is 1. The van der Waals surface area contributed by atoms with Crippen LogP contribution >= 0.6 is 11.6 Å². The van der Waals surface area contributed by atoms with Gasteiger partial charge in [-0.1, -0.05) is 48.5 Å². The Bertz CT molecular complexity index is 732. The van der Waals surface area contributed by atoms with E-state index in [0.717, 1.165) is 5.56 Å². The second-order valence-electron chi connectivity index (χ2n) is 4.68. The number of rotatable bonds is 8. The minimum Gasteiger partial charge on any atom is -0.490 e. The summed E-state index contributed by atoms with van der Waals surface area (Å²) in [5, 5.41) is 4.33. The number of hydrazone groups is 1. The summed E-state index contributed by atoms with van der Waals surface area (Å²) in [4.78, 5) is 11.7. The molecule has 0 radical (unpaired) electrons. The Hall–Kier alpha value is -2.79. The van der Waals surface area contributed by atoms with Gasteiger partial charge in [-0.2, -0.15) is 5.10 Å². The van der Waals surface area contributed by atoms with Gasteiger partial charge in [-0.05, 0) is 29.8 Å². The summed E-state index contributed by atoms with van der Waals surface area (Å²) in [6.45, 7) is 3.84. The Morgan fingerprint density at radius 2 is 2.04 bits per heavy atom. The zero-order chi connectivity index (χ0) is 17.2. The number of halogens is 1. The Kier molecular flexibility index (Phi) is 6.86. The lowest BCUT2D eigenvalue weighted by molar-refractivity contribution is -0.123. The van der Waals surface area contributed by atoms with E-state index in [9.17, 15) is 4.79 Å². The highest BCUT2D eigenvalue weighted by atomic mass is 35.5. The van der Waals surface area contributed by atoms with Crippen LogP contribution in [0.1, 0.15) is 5.56 Å². The molecule has 0 fully saturated rings. The highest BCUT2D eigenvalue weighted by Gasteiger charge is 2.04. The van der Waals surface area contributed by atoms with Gasteiger partial charge < -0.3 is 9.47 Å². The topological polar surface area (TPSA) is 59.9 Å². The first-order valence-electron chi connectivity index (χ1n) is 7.22. The summed E-state index contributed by atoms with van der Waals surface area (Å²) in [6, 6.07) is 14.3. The summed E-state index contributed by atoms with van der Waals surface area (Å²) in [6.07, 6.45) is 3.19.